The first kappa shape index (κ1) is 18.0. The Morgan fingerprint density at radius 1 is 1.07 bits per heavy atom. The van der Waals surface area contributed by atoms with Crippen molar-refractivity contribution in [3.8, 4) is 0 Å². The van der Waals surface area contributed by atoms with E-state index in [1.807, 2.05) is 0 Å². The number of hydrogen-bond acceptors (Lipinski definition) is 8. The lowest BCUT2D eigenvalue weighted by Gasteiger charge is -2.43. The van der Waals surface area contributed by atoms with Crippen LogP contribution >= 0.6 is 22.9 Å². The van der Waals surface area contributed by atoms with Crippen LogP contribution in [0.2, 0.25) is 5.28 Å². The zero-order chi connectivity index (χ0) is 18.2. The lowest BCUT2D eigenvalue weighted by molar-refractivity contribution is -0.0460. The molecule has 2 aromatic heterocycles. The van der Waals surface area contributed by atoms with Crippen molar-refractivity contribution >= 4 is 39.0 Å². The Morgan fingerprint density at radius 3 is 2.81 bits per heavy atom. The number of aromatic nitrogens is 2. The van der Waals surface area contributed by atoms with Crippen LogP contribution in [-0.2, 0) is 16.0 Å². The Balaban J connectivity index is 1.36. The summed E-state index contributed by atoms with van der Waals surface area (Å²) in [5.41, 5.74) is 0.955. The van der Waals surface area contributed by atoms with Crippen molar-refractivity contribution in [2.24, 2.45) is 0 Å². The second-order valence-electron chi connectivity index (χ2n) is 7.34. The molecule has 1 unspecified atom stereocenters. The zero-order valence-electron chi connectivity index (χ0n) is 15.3. The predicted octanol–water partition coefficient (Wildman–Crippen LogP) is 1.70. The molecule has 0 spiro atoms. The lowest BCUT2D eigenvalue weighted by atomic mass is 10.1. The Kier molecular flexibility index (Phi) is 5.19. The second-order valence-corrected chi connectivity index (χ2v) is 8.82. The highest BCUT2D eigenvalue weighted by Crippen LogP contribution is 2.34. The van der Waals surface area contributed by atoms with Crippen molar-refractivity contribution in [1.82, 2.24) is 19.8 Å². The molecule has 0 aromatic carbocycles. The summed E-state index contributed by atoms with van der Waals surface area (Å²) in [4.78, 5) is 17.7. The van der Waals surface area contributed by atoms with E-state index < -0.39 is 0 Å². The monoisotopic (exact) mass is 409 g/mol. The van der Waals surface area contributed by atoms with Gasteiger partial charge in [0.1, 0.15) is 0 Å². The Bertz CT molecular complexity index is 812. The molecule has 27 heavy (non-hydrogen) atoms. The molecule has 0 N–H and O–H groups in total. The second kappa shape index (κ2) is 7.77. The maximum atomic E-state index is 6.22. The fraction of sp³-hybridized carbons (Fsp3) is 0.667. The molecule has 0 bridgehead atoms. The SMILES string of the molecule is Clc1nc(N2CCOCC2)c2sc(CN3CCN4CCOCC4C3)cc2n1. The highest BCUT2D eigenvalue weighted by atomic mass is 35.5. The number of ether oxygens (including phenoxy) is 2. The molecule has 5 rings (SSSR count). The number of nitrogens with zero attached hydrogens (tertiary/aromatic N) is 5. The van der Waals surface area contributed by atoms with Gasteiger partial charge >= 0.3 is 0 Å². The number of fused-ring (bicyclic) bond motifs is 2. The fourth-order valence-corrected chi connectivity index (χ4v) is 5.51. The number of halogens is 1. The minimum Gasteiger partial charge on any atom is -0.378 e. The largest absolute Gasteiger partial charge is 0.378 e. The molecule has 146 valence electrons. The number of anilines is 1. The quantitative estimate of drug-likeness (QED) is 0.715. The third-order valence-electron chi connectivity index (χ3n) is 5.59. The van der Waals surface area contributed by atoms with E-state index in [0.29, 0.717) is 11.3 Å². The Labute approximate surface area is 167 Å². The van der Waals surface area contributed by atoms with Gasteiger partial charge in [-0.15, -0.1) is 11.3 Å². The van der Waals surface area contributed by atoms with Gasteiger partial charge in [0.2, 0.25) is 5.28 Å². The maximum Gasteiger partial charge on any atom is 0.224 e. The van der Waals surface area contributed by atoms with Gasteiger partial charge in [-0.2, -0.15) is 4.98 Å². The summed E-state index contributed by atoms with van der Waals surface area (Å²) in [7, 11) is 0. The smallest absolute Gasteiger partial charge is 0.224 e. The third-order valence-corrected chi connectivity index (χ3v) is 6.86. The van der Waals surface area contributed by atoms with E-state index in [0.717, 1.165) is 88.3 Å². The highest BCUT2D eigenvalue weighted by Gasteiger charge is 2.30. The molecule has 3 saturated heterocycles. The summed E-state index contributed by atoms with van der Waals surface area (Å²) >= 11 is 8.01. The molecular formula is C18H24ClN5O2S. The van der Waals surface area contributed by atoms with Crippen LogP contribution in [0.1, 0.15) is 4.88 Å². The van der Waals surface area contributed by atoms with Gasteiger partial charge in [0.25, 0.3) is 0 Å². The average molecular weight is 410 g/mol. The molecule has 0 radical (unpaired) electrons. The Morgan fingerprint density at radius 2 is 1.93 bits per heavy atom. The predicted molar refractivity (Wildman–Crippen MR) is 107 cm³/mol. The number of morpholine rings is 2. The standard InChI is InChI=1S/C18H24ClN5O2S/c19-18-20-15-9-14(11-22-1-2-23-3-8-26-12-13(23)10-22)27-16(15)17(21-18)24-4-6-25-7-5-24/h9,13H,1-8,10-12H2. The van der Waals surface area contributed by atoms with E-state index in [9.17, 15) is 0 Å². The molecule has 0 aliphatic carbocycles. The van der Waals surface area contributed by atoms with Gasteiger partial charge in [-0.3, -0.25) is 9.80 Å². The average Bonchev–Trinajstić information content (AvgIpc) is 3.10. The van der Waals surface area contributed by atoms with Gasteiger partial charge in [-0.25, -0.2) is 4.98 Å². The van der Waals surface area contributed by atoms with E-state index in [4.69, 9.17) is 21.1 Å². The van der Waals surface area contributed by atoms with Crippen LogP contribution in [0.4, 0.5) is 5.82 Å². The fourth-order valence-electron chi connectivity index (χ4n) is 4.18. The van der Waals surface area contributed by atoms with Crippen molar-refractivity contribution < 1.29 is 9.47 Å². The summed E-state index contributed by atoms with van der Waals surface area (Å²) < 4.78 is 12.3. The highest BCUT2D eigenvalue weighted by molar-refractivity contribution is 7.19. The van der Waals surface area contributed by atoms with Gasteiger partial charge in [-0.1, -0.05) is 0 Å². The van der Waals surface area contributed by atoms with Gasteiger partial charge in [0.05, 0.1) is 36.6 Å². The first-order valence-corrected chi connectivity index (χ1v) is 10.8. The summed E-state index contributed by atoms with van der Waals surface area (Å²) in [6.07, 6.45) is 0. The molecule has 3 aliphatic rings. The van der Waals surface area contributed by atoms with Gasteiger partial charge in [0, 0.05) is 56.7 Å². The van der Waals surface area contributed by atoms with Crippen molar-refractivity contribution in [2.75, 3.05) is 70.6 Å². The molecule has 9 heteroatoms. The van der Waals surface area contributed by atoms with E-state index in [2.05, 4.69) is 30.7 Å². The summed E-state index contributed by atoms with van der Waals surface area (Å²) in [5, 5.41) is 0.321. The topological polar surface area (TPSA) is 54.0 Å². The normalized spacial score (nSPS) is 25.1. The van der Waals surface area contributed by atoms with Crippen LogP contribution in [0, 0.1) is 0 Å². The van der Waals surface area contributed by atoms with Gasteiger partial charge in [0.15, 0.2) is 5.82 Å². The number of hydrogen-bond donors (Lipinski definition) is 0. The first-order chi connectivity index (χ1) is 13.3. The summed E-state index contributed by atoms with van der Waals surface area (Å²) in [6, 6.07) is 2.71. The van der Waals surface area contributed by atoms with E-state index in [1.165, 1.54) is 4.88 Å². The van der Waals surface area contributed by atoms with Crippen LogP contribution in [0.3, 0.4) is 0 Å². The van der Waals surface area contributed by atoms with Gasteiger partial charge in [-0.05, 0) is 17.7 Å². The molecular weight excluding hydrogens is 386 g/mol. The molecule has 7 nitrogen and oxygen atoms in total. The van der Waals surface area contributed by atoms with Crippen LogP contribution in [-0.4, -0.2) is 91.5 Å². The van der Waals surface area contributed by atoms with Gasteiger partial charge < -0.3 is 14.4 Å². The summed E-state index contributed by atoms with van der Waals surface area (Å²) in [5.74, 6) is 0.954. The molecule has 0 amide bonds. The molecule has 2 aromatic rings. The minimum atomic E-state index is 0.321. The molecule has 5 heterocycles. The minimum absolute atomic E-state index is 0.321. The van der Waals surface area contributed by atoms with E-state index >= 15 is 0 Å². The third kappa shape index (κ3) is 3.79. The maximum absolute atomic E-state index is 6.22. The van der Waals surface area contributed by atoms with Crippen molar-refractivity contribution in [2.45, 2.75) is 12.6 Å². The van der Waals surface area contributed by atoms with Crippen LogP contribution in [0.5, 0.6) is 0 Å². The molecule has 0 saturated carbocycles. The number of piperazine rings is 1. The van der Waals surface area contributed by atoms with E-state index in [-0.39, 0.29) is 0 Å². The van der Waals surface area contributed by atoms with Crippen molar-refractivity contribution in [3.05, 3.63) is 16.2 Å². The van der Waals surface area contributed by atoms with Crippen LogP contribution in [0.15, 0.2) is 6.07 Å². The molecule has 3 fully saturated rings. The van der Waals surface area contributed by atoms with Crippen molar-refractivity contribution in [1.29, 1.82) is 0 Å². The zero-order valence-corrected chi connectivity index (χ0v) is 16.8. The van der Waals surface area contributed by atoms with Crippen LogP contribution in [0.25, 0.3) is 10.2 Å². The van der Waals surface area contributed by atoms with Crippen molar-refractivity contribution in [3.63, 3.8) is 0 Å². The summed E-state index contributed by atoms with van der Waals surface area (Å²) in [6.45, 7) is 10.2. The molecule has 3 aliphatic heterocycles. The first-order valence-electron chi connectivity index (χ1n) is 9.59. The lowest BCUT2D eigenvalue weighted by Crippen LogP contribution is -2.57. The number of rotatable bonds is 3. The number of thiophene rings is 1. The molecule has 1 atom stereocenters. The van der Waals surface area contributed by atoms with E-state index in [1.54, 1.807) is 11.3 Å². The van der Waals surface area contributed by atoms with Crippen LogP contribution < -0.4 is 4.90 Å². The Hall–Kier alpha value is -1.03.